The van der Waals surface area contributed by atoms with Gasteiger partial charge in [0.15, 0.2) is 0 Å². The molecule has 2 saturated carbocycles. The number of halogens is 1. The minimum Gasteiger partial charge on any atom is -0.379 e. The largest absolute Gasteiger partial charge is 0.379 e. The van der Waals surface area contributed by atoms with E-state index in [-0.39, 0.29) is 5.69 Å². The van der Waals surface area contributed by atoms with E-state index in [2.05, 4.69) is 5.32 Å². The fourth-order valence-corrected chi connectivity index (χ4v) is 3.68. The van der Waals surface area contributed by atoms with Crippen LogP contribution >= 0.6 is 0 Å². The van der Waals surface area contributed by atoms with Gasteiger partial charge in [-0.2, -0.15) is 0 Å². The summed E-state index contributed by atoms with van der Waals surface area (Å²) in [6, 6.07) is 3.56. The summed E-state index contributed by atoms with van der Waals surface area (Å²) < 4.78 is 13.2. The van der Waals surface area contributed by atoms with E-state index in [0.29, 0.717) is 18.2 Å². The molecule has 3 unspecified atom stereocenters. The van der Waals surface area contributed by atoms with E-state index in [1.54, 1.807) is 0 Å². The molecule has 5 heteroatoms. The van der Waals surface area contributed by atoms with Gasteiger partial charge in [-0.3, -0.25) is 10.1 Å². The zero-order valence-electron chi connectivity index (χ0n) is 10.6. The molecule has 2 aliphatic rings. The van der Waals surface area contributed by atoms with Crippen LogP contribution in [0.1, 0.15) is 25.7 Å². The van der Waals surface area contributed by atoms with Crippen molar-refractivity contribution in [2.24, 2.45) is 17.8 Å². The molecule has 0 aromatic heterocycles. The maximum Gasteiger partial charge on any atom is 0.292 e. The lowest BCUT2D eigenvalue weighted by molar-refractivity contribution is -0.384. The molecule has 2 fully saturated rings. The Labute approximate surface area is 111 Å². The van der Waals surface area contributed by atoms with Crippen molar-refractivity contribution in [1.82, 2.24) is 0 Å². The standard InChI is InChI=1S/C14H17FN2O2/c15-12-3-4-14(17(18)19)13(7-12)16-8-11-6-9-1-2-10(11)5-9/h3-4,7,9-11,16H,1-2,5-6,8H2. The van der Waals surface area contributed by atoms with Crippen LogP contribution in [0.25, 0.3) is 0 Å². The van der Waals surface area contributed by atoms with Crippen molar-refractivity contribution >= 4 is 11.4 Å². The van der Waals surface area contributed by atoms with Gasteiger partial charge in [-0.05, 0) is 43.1 Å². The zero-order valence-corrected chi connectivity index (χ0v) is 10.6. The number of nitrogens with zero attached hydrogens (tertiary/aromatic N) is 1. The summed E-state index contributed by atoms with van der Waals surface area (Å²) in [7, 11) is 0. The van der Waals surface area contributed by atoms with Crippen molar-refractivity contribution < 1.29 is 9.31 Å². The predicted molar refractivity (Wildman–Crippen MR) is 70.5 cm³/mol. The van der Waals surface area contributed by atoms with Gasteiger partial charge in [0.25, 0.3) is 5.69 Å². The van der Waals surface area contributed by atoms with Crippen LogP contribution in [0, 0.1) is 33.7 Å². The predicted octanol–water partition coefficient (Wildman–Crippen LogP) is 3.58. The van der Waals surface area contributed by atoms with Crippen molar-refractivity contribution in [3.63, 3.8) is 0 Å². The number of nitro benzene ring substituents is 1. The second kappa shape index (κ2) is 4.79. The highest BCUT2D eigenvalue weighted by Gasteiger charge is 2.39. The summed E-state index contributed by atoms with van der Waals surface area (Å²) >= 11 is 0. The molecule has 3 atom stereocenters. The highest BCUT2D eigenvalue weighted by atomic mass is 19.1. The molecule has 0 heterocycles. The summed E-state index contributed by atoms with van der Waals surface area (Å²) in [6.07, 6.45) is 5.13. The SMILES string of the molecule is O=[N+]([O-])c1ccc(F)cc1NCC1CC2CCC1C2. The molecular weight excluding hydrogens is 247 g/mol. The van der Waals surface area contributed by atoms with Crippen LogP contribution in [-0.2, 0) is 0 Å². The first-order chi connectivity index (χ1) is 9.13. The Morgan fingerprint density at radius 2 is 2.21 bits per heavy atom. The molecule has 0 amide bonds. The Hall–Kier alpha value is -1.65. The molecule has 2 bridgehead atoms. The molecule has 1 N–H and O–H groups in total. The molecular formula is C14H17FN2O2. The summed E-state index contributed by atoms with van der Waals surface area (Å²) in [5, 5.41) is 14.0. The molecule has 0 radical (unpaired) electrons. The quantitative estimate of drug-likeness (QED) is 0.668. The summed E-state index contributed by atoms with van der Waals surface area (Å²) in [6.45, 7) is 0.714. The fraction of sp³-hybridized carbons (Fsp3) is 0.571. The van der Waals surface area contributed by atoms with E-state index in [1.165, 1.54) is 37.8 Å². The van der Waals surface area contributed by atoms with Crippen molar-refractivity contribution in [3.8, 4) is 0 Å². The third-order valence-corrected chi connectivity index (χ3v) is 4.59. The molecule has 3 rings (SSSR count). The van der Waals surface area contributed by atoms with Crippen LogP contribution in [-0.4, -0.2) is 11.5 Å². The lowest BCUT2D eigenvalue weighted by atomic mass is 9.89. The topological polar surface area (TPSA) is 55.2 Å². The van der Waals surface area contributed by atoms with Crippen LogP contribution in [0.3, 0.4) is 0 Å². The maximum absolute atomic E-state index is 13.2. The Kier molecular flexibility index (Phi) is 3.12. The molecule has 0 spiro atoms. The van der Waals surface area contributed by atoms with E-state index in [1.807, 2.05) is 0 Å². The van der Waals surface area contributed by atoms with E-state index in [9.17, 15) is 14.5 Å². The number of fused-ring (bicyclic) bond motifs is 2. The summed E-state index contributed by atoms with van der Waals surface area (Å²) in [4.78, 5) is 10.4. The molecule has 1 aromatic carbocycles. The van der Waals surface area contributed by atoms with E-state index in [0.717, 1.165) is 17.9 Å². The molecule has 102 valence electrons. The Morgan fingerprint density at radius 3 is 2.84 bits per heavy atom. The van der Waals surface area contributed by atoms with Gasteiger partial charge in [0.2, 0.25) is 0 Å². The minimum atomic E-state index is -0.470. The van der Waals surface area contributed by atoms with Crippen LogP contribution in [0.5, 0.6) is 0 Å². The highest BCUT2D eigenvalue weighted by Crippen LogP contribution is 2.48. The van der Waals surface area contributed by atoms with Gasteiger partial charge in [-0.15, -0.1) is 0 Å². The highest BCUT2D eigenvalue weighted by molar-refractivity contribution is 5.61. The van der Waals surface area contributed by atoms with Crippen molar-refractivity contribution in [2.45, 2.75) is 25.7 Å². The van der Waals surface area contributed by atoms with Crippen LogP contribution in [0.4, 0.5) is 15.8 Å². The first-order valence-electron chi connectivity index (χ1n) is 6.81. The smallest absolute Gasteiger partial charge is 0.292 e. The summed E-state index contributed by atoms with van der Waals surface area (Å²) in [5.74, 6) is 1.74. The average molecular weight is 264 g/mol. The third kappa shape index (κ3) is 2.41. The van der Waals surface area contributed by atoms with Crippen LogP contribution in [0.15, 0.2) is 18.2 Å². The number of hydrogen-bond acceptors (Lipinski definition) is 3. The number of nitrogens with one attached hydrogen (secondary N) is 1. The third-order valence-electron chi connectivity index (χ3n) is 4.59. The first kappa shape index (κ1) is 12.4. The van der Waals surface area contributed by atoms with E-state index in [4.69, 9.17) is 0 Å². The molecule has 19 heavy (non-hydrogen) atoms. The average Bonchev–Trinajstić information content (AvgIpc) is 2.98. The number of nitro groups is 1. The first-order valence-corrected chi connectivity index (χ1v) is 6.81. The Morgan fingerprint density at radius 1 is 1.37 bits per heavy atom. The molecule has 0 saturated heterocycles. The zero-order chi connectivity index (χ0) is 13.4. The Balaban J connectivity index is 1.69. The van der Waals surface area contributed by atoms with Crippen LogP contribution in [0.2, 0.25) is 0 Å². The summed E-state index contributed by atoms with van der Waals surface area (Å²) in [5.41, 5.74) is 0.248. The van der Waals surface area contributed by atoms with Gasteiger partial charge < -0.3 is 5.32 Å². The number of rotatable bonds is 4. The normalized spacial score (nSPS) is 28.6. The van der Waals surface area contributed by atoms with E-state index < -0.39 is 10.7 Å². The second-order valence-electron chi connectivity index (χ2n) is 5.73. The minimum absolute atomic E-state index is 0.0513. The number of hydrogen-bond donors (Lipinski definition) is 1. The molecule has 4 nitrogen and oxygen atoms in total. The molecule has 2 aliphatic carbocycles. The fourth-order valence-electron chi connectivity index (χ4n) is 3.68. The molecule has 0 aliphatic heterocycles. The molecule has 1 aromatic rings. The second-order valence-corrected chi connectivity index (χ2v) is 5.73. The van der Waals surface area contributed by atoms with Crippen LogP contribution < -0.4 is 5.32 Å². The van der Waals surface area contributed by atoms with Crippen molar-refractivity contribution in [2.75, 3.05) is 11.9 Å². The Bertz CT molecular complexity index is 506. The van der Waals surface area contributed by atoms with E-state index >= 15 is 0 Å². The van der Waals surface area contributed by atoms with Gasteiger partial charge in [0.1, 0.15) is 11.5 Å². The van der Waals surface area contributed by atoms with Crippen molar-refractivity contribution in [1.29, 1.82) is 0 Å². The van der Waals surface area contributed by atoms with Crippen molar-refractivity contribution in [3.05, 3.63) is 34.1 Å². The number of benzene rings is 1. The van der Waals surface area contributed by atoms with Gasteiger partial charge in [0, 0.05) is 18.7 Å². The maximum atomic E-state index is 13.2. The van der Waals surface area contributed by atoms with Gasteiger partial charge in [-0.25, -0.2) is 4.39 Å². The lowest BCUT2D eigenvalue weighted by Gasteiger charge is -2.22. The van der Waals surface area contributed by atoms with Gasteiger partial charge in [-0.1, -0.05) is 6.42 Å². The van der Waals surface area contributed by atoms with Gasteiger partial charge in [0.05, 0.1) is 4.92 Å². The number of anilines is 1. The lowest BCUT2D eigenvalue weighted by Crippen LogP contribution is -2.20. The monoisotopic (exact) mass is 264 g/mol. The van der Waals surface area contributed by atoms with Gasteiger partial charge >= 0.3 is 0 Å².